The Morgan fingerprint density at radius 3 is 1.56 bits per heavy atom. The maximum absolute atomic E-state index is 6.05. The molecule has 0 radical (unpaired) electrons. The van der Waals surface area contributed by atoms with Gasteiger partial charge in [0.15, 0.2) is 23.0 Å². The molecule has 0 spiro atoms. The fourth-order valence-electron chi connectivity index (χ4n) is 1.70. The Morgan fingerprint density at radius 2 is 1.06 bits per heavy atom. The number of rotatable bonds is 0. The Morgan fingerprint density at radius 1 is 0.667 bits per heavy atom. The summed E-state index contributed by atoms with van der Waals surface area (Å²) in [6.07, 6.45) is 0. The molecule has 1 aliphatic rings. The topological polar surface area (TPSA) is 18.5 Å². The first kappa shape index (κ1) is 12.0. The highest BCUT2D eigenvalue weighted by Crippen LogP contribution is 2.49. The van der Waals surface area contributed by atoms with Gasteiger partial charge in [0.1, 0.15) is 0 Å². The Balaban J connectivity index is 2.12. The minimum absolute atomic E-state index is 0.417. The first-order valence-electron chi connectivity index (χ1n) is 5.19. The van der Waals surface area contributed by atoms with Gasteiger partial charge < -0.3 is 9.47 Å². The molecule has 3 rings (SSSR count). The van der Waals surface area contributed by atoms with Crippen LogP contribution in [0.25, 0.3) is 0 Å². The van der Waals surface area contributed by atoms with Crippen LogP contribution < -0.4 is 9.47 Å². The lowest BCUT2D eigenvalue weighted by atomic mass is 10.2. The molecule has 0 unspecified atom stereocenters. The summed E-state index contributed by atoms with van der Waals surface area (Å²) in [6, 6.07) is 6.79. The number of fused-ring (bicyclic) bond motifs is 2. The number of hydrogen-bond donors (Lipinski definition) is 0. The fraction of sp³-hybridized carbons (Fsp3) is 0.0769. The van der Waals surface area contributed by atoms with Gasteiger partial charge >= 0.3 is 0 Å². The number of halogens is 3. The lowest BCUT2D eigenvalue weighted by molar-refractivity contribution is 0.359. The van der Waals surface area contributed by atoms with E-state index in [1.54, 1.807) is 18.2 Å². The van der Waals surface area contributed by atoms with Crippen molar-refractivity contribution >= 4 is 34.8 Å². The van der Waals surface area contributed by atoms with Crippen LogP contribution in [0, 0.1) is 6.92 Å². The van der Waals surface area contributed by atoms with E-state index in [1.807, 2.05) is 13.0 Å². The van der Waals surface area contributed by atoms with Crippen molar-refractivity contribution in [3.8, 4) is 23.0 Å². The summed E-state index contributed by atoms with van der Waals surface area (Å²) in [5.41, 5.74) is 0.919. The standard InChI is InChI=1S/C13H7Cl3O2/c1-6-2-10-11(3-7(6)14)18-13-5-9(16)8(15)4-12(13)17-10/h2-5H,1H3. The van der Waals surface area contributed by atoms with Gasteiger partial charge in [-0.2, -0.15) is 0 Å². The second-order valence-corrected chi connectivity index (χ2v) is 5.19. The molecular weight excluding hydrogens is 295 g/mol. The first-order chi connectivity index (χ1) is 8.54. The third-order valence-electron chi connectivity index (χ3n) is 2.65. The van der Waals surface area contributed by atoms with Gasteiger partial charge in [-0.3, -0.25) is 0 Å². The molecule has 0 bridgehead atoms. The summed E-state index contributed by atoms with van der Waals surface area (Å²) >= 11 is 17.9. The molecule has 1 heterocycles. The molecule has 5 heteroatoms. The van der Waals surface area contributed by atoms with E-state index >= 15 is 0 Å². The van der Waals surface area contributed by atoms with Gasteiger partial charge in [-0.25, -0.2) is 0 Å². The molecule has 2 aromatic rings. The predicted molar refractivity (Wildman–Crippen MR) is 72.8 cm³/mol. The zero-order chi connectivity index (χ0) is 12.9. The van der Waals surface area contributed by atoms with Gasteiger partial charge in [-0.15, -0.1) is 0 Å². The molecule has 0 aromatic heterocycles. The molecule has 1 aliphatic heterocycles. The van der Waals surface area contributed by atoms with E-state index in [2.05, 4.69) is 0 Å². The van der Waals surface area contributed by atoms with E-state index in [9.17, 15) is 0 Å². The number of aryl methyl sites for hydroxylation is 1. The molecule has 2 nitrogen and oxygen atoms in total. The van der Waals surface area contributed by atoms with E-state index in [-0.39, 0.29) is 0 Å². The van der Waals surface area contributed by atoms with Crippen molar-refractivity contribution in [1.29, 1.82) is 0 Å². The molecule has 0 saturated heterocycles. The van der Waals surface area contributed by atoms with Crippen molar-refractivity contribution < 1.29 is 9.47 Å². The largest absolute Gasteiger partial charge is 0.449 e. The number of ether oxygens (including phenoxy) is 2. The smallest absolute Gasteiger partial charge is 0.171 e. The maximum atomic E-state index is 6.05. The van der Waals surface area contributed by atoms with Gasteiger partial charge in [-0.1, -0.05) is 34.8 Å². The third kappa shape index (κ3) is 1.91. The SMILES string of the molecule is Cc1cc2c(cc1Cl)Oc1cc(Cl)c(Cl)cc1O2. The second kappa shape index (κ2) is 4.23. The van der Waals surface area contributed by atoms with Crippen LogP contribution in [0.1, 0.15) is 5.56 Å². The van der Waals surface area contributed by atoms with Crippen LogP contribution in [0.2, 0.25) is 15.1 Å². The second-order valence-electron chi connectivity index (χ2n) is 3.97. The molecule has 18 heavy (non-hydrogen) atoms. The van der Waals surface area contributed by atoms with Crippen LogP contribution in [-0.4, -0.2) is 0 Å². The van der Waals surface area contributed by atoms with Gasteiger partial charge in [-0.05, 0) is 18.6 Å². The van der Waals surface area contributed by atoms with Crippen molar-refractivity contribution in [1.82, 2.24) is 0 Å². The monoisotopic (exact) mass is 300 g/mol. The normalized spacial score (nSPS) is 12.2. The fourth-order valence-corrected chi connectivity index (χ4v) is 2.16. The Kier molecular flexibility index (Phi) is 2.81. The third-order valence-corrected chi connectivity index (χ3v) is 3.78. The molecule has 0 aliphatic carbocycles. The van der Waals surface area contributed by atoms with Gasteiger partial charge in [0.05, 0.1) is 10.0 Å². The molecule has 0 amide bonds. The van der Waals surface area contributed by atoms with E-state index in [0.717, 1.165) is 5.56 Å². The Bertz CT molecular complexity index is 542. The van der Waals surface area contributed by atoms with Crippen LogP contribution in [0.4, 0.5) is 0 Å². The minimum Gasteiger partial charge on any atom is -0.449 e. The van der Waals surface area contributed by atoms with Gasteiger partial charge in [0.25, 0.3) is 0 Å². The summed E-state index contributed by atoms with van der Waals surface area (Å²) < 4.78 is 11.4. The molecule has 92 valence electrons. The summed E-state index contributed by atoms with van der Waals surface area (Å²) in [4.78, 5) is 0. The summed E-state index contributed by atoms with van der Waals surface area (Å²) in [6.45, 7) is 1.90. The lowest BCUT2D eigenvalue weighted by Crippen LogP contribution is -1.99. The van der Waals surface area contributed by atoms with Crippen molar-refractivity contribution in [2.45, 2.75) is 6.92 Å². The zero-order valence-electron chi connectivity index (χ0n) is 9.26. The predicted octanol–water partition coefficient (Wildman–Crippen LogP) is 5.85. The van der Waals surface area contributed by atoms with E-state index < -0.39 is 0 Å². The van der Waals surface area contributed by atoms with Crippen LogP contribution in [0.15, 0.2) is 24.3 Å². The average Bonchev–Trinajstić information content (AvgIpc) is 2.31. The Labute approximate surface area is 119 Å². The van der Waals surface area contributed by atoms with Crippen molar-refractivity contribution in [2.75, 3.05) is 0 Å². The van der Waals surface area contributed by atoms with Crippen molar-refractivity contribution in [2.24, 2.45) is 0 Å². The van der Waals surface area contributed by atoms with E-state index in [0.29, 0.717) is 38.1 Å². The van der Waals surface area contributed by atoms with Crippen LogP contribution in [0.5, 0.6) is 23.0 Å². The Hall–Kier alpha value is -1.09. The summed E-state index contributed by atoms with van der Waals surface area (Å²) in [5.74, 6) is 2.25. The van der Waals surface area contributed by atoms with Crippen LogP contribution in [-0.2, 0) is 0 Å². The highest BCUT2D eigenvalue weighted by atomic mass is 35.5. The van der Waals surface area contributed by atoms with Gasteiger partial charge in [0, 0.05) is 23.2 Å². The highest BCUT2D eigenvalue weighted by Gasteiger charge is 2.21. The van der Waals surface area contributed by atoms with E-state index in [4.69, 9.17) is 44.3 Å². The van der Waals surface area contributed by atoms with E-state index in [1.165, 1.54) is 0 Å². The van der Waals surface area contributed by atoms with Crippen LogP contribution in [0.3, 0.4) is 0 Å². The maximum Gasteiger partial charge on any atom is 0.171 e. The van der Waals surface area contributed by atoms with Crippen LogP contribution >= 0.6 is 34.8 Å². The lowest BCUT2D eigenvalue weighted by Gasteiger charge is -2.21. The molecule has 0 N–H and O–H groups in total. The number of benzene rings is 2. The van der Waals surface area contributed by atoms with Gasteiger partial charge in [0.2, 0.25) is 0 Å². The quantitative estimate of drug-likeness (QED) is 0.518. The molecule has 0 saturated carbocycles. The summed E-state index contributed by atoms with van der Waals surface area (Å²) in [5, 5.41) is 1.47. The molecule has 0 fully saturated rings. The first-order valence-corrected chi connectivity index (χ1v) is 6.33. The molecule has 2 aromatic carbocycles. The molecular formula is C13H7Cl3O2. The highest BCUT2D eigenvalue weighted by molar-refractivity contribution is 6.42. The minimum atomic E-state index is 0.417. The molecule has 0 atom stereocenters. The summed E-state index contributed by atoms with van der Waals surface area (Å²) in [7, 11) is 0. The van der Waals surface area contributed by atoms with Crippen molar-refractivity contribution in [3.05, 3.63) is 44.9 Å². The average molecular weight is 302 g/mol. The number of hydrogen-bond acceptors (Lipinski definition) is 2. The zero-order valence-corrected chi connectivity index (χ0v) is 11.5. The van der Waals surface area contributed by atoms with Crippen molar-refractivity contribution in [3.63, 3.8) is 0 Å².